The minimum atomic E-state index is 0.0814. The van der Waals surface area contributed by atoms with Crippen molar-refractivity contribution >= 4 is 10.9 Å². The summed E-state index contributed by atoms with van der Waals surface area (Å²) in [7, 11) is 1.82. The summed E-state index contributed by atoms with van der Waals surface area (Å²) in [6.07, 6.45) is 5.48. The summed E-state index contributed by atoms with van der Waals surface area (Å²) >= 11 is 0. The van der Waals surface area contributed by atoms with Gasteiger partial charge in [0.1, 0.15) is 0 Å². The van der Waals surface area contributed by atoms with Crippen molar-refractivity contribution < 1.29 is 4.74 Å². The molecule has 19 heavy (non-hydrogen) atoms. The minimum Gasteiger partial charge on any atom is -0.377 e. The second-order valence-electron chi connectivity index (χ2n) is 5.34. The van der Waals surface area contributed by atoms with Crippen molar-refractivity contribution in [3.63, 3.8) is 0 Å². The lowest BCUT2D eigenvalue weighted by molar-refractivity contribution is -0.0695. The fourth-order valence-electron chi connectivity index (χ4n) is 2.76. The van der Waals surface area contributed by atoms with Gasteiger partial charge in [0.15, 0.2) is 0 Å². The van der Waals surface area contributed by atoms with E-state index in [9.17, 15) is 0 Å². The molecule has 100 valence electrons. The molecule has 0 aliphatic heterocycles. The molecule has 0 bridgehead atoms. The molecule has 1 N–H and O–H groups in total. The van der Waals surface area contributed by atoms with Gasteiger partial charge in [-0.05, 0) is 30.9 Å². The van der Waals surface area contributed by atoms with Crippen LogP contribution in [-0.4, -0.2) is 24.2 Å². The second kappa shape index (κ2) is 5.27. The Morgan fingerprint density at radius 3 is 2.84 bits per heavy atom. The number of nitrogens with one attached hydrogen (secondary N) is 1. The minimum absolute atomic E-state index is 0.0814. The fourth-order valence-corrected chi connectivity index (χ4v) is 2.76. The molecule has 0 unspecified atom stereocenters. The Morgan fingerprint density at radius 1 is 1.26 bits per heavy atom. The van der Waals surface area contributed by atoms with Gasteiger partial charge in [0.25, 0.3) is 0 Å². The standard InChI is InChI=1S/C16H20N2O/c1-19-16(8-4-9-16)12-17-11-14-6-2-5-13-7-3-10-18-15(13)14/h2-3,5-7,10,17H,4,8-9,11-12H2,1H3. The highest BCUT2D eigenvalue weighted by Crippen LogP contribution is 2.34. The molecule has 1 saturated carbocycles. The van der Waals surface area contributed by atoms with Crippen LogP contribution >= 0.6 is 0 Å². The number of nitrogens with zero attached hydrogens (tertiary/aromatic N) is 1. The molecule has 1 aliphatic carbocycles. The number of hydrogen-bond donors (Lipinski definition) is 1. The van der Waals surface area contributed by atoms with E-state index in [4.69, 9.17) is 4.74 Å². The first-order valence-corrected chi connectivity index (χ1v) is 6.91. The predicted octanol–water partition coefficient (Wildman–Crippen LogP) is 2.89. The topological polar surface area (TPSA) is 34.1 Å². The third-order valence-corrected chi connectivity index (χ3v) is 4.18. The SMILES string of the molecule is COC1(CNCc2cccc3cccnc23)CCC1. The van der Waals surface area contributed by atoms with Crippen molar-refractivity contribution in [1.82, 2.24) is 10.3 Å². The molecule has 0 atom stereocenters. The smallest absolute Gasteiger partial charge is 0.0802 e. The summed E-state index contributed by atoms with van der Waals surface area (Å²) in [6, 6.07) is 10.4. The third-order valence-electron chi connectivity index (χ3n) is 4.18. The molecule has 1 heterocycles. The number of hydrogen-bond acceptors (Lipinski definition) is 3. The average molecular weight is 256 g/mol. The molecule has 0 amide bonds. The van der Waals surface area contributed by atoms with Gasteiger partial charge >= 0.3 is 0 Å². The van der Waals surface area contributed by atoms with Crippen molar-refractivity contribution in [2.75, 3.05) is 13.7 Å². The van der Waals surface area contributed by atoms with Crippen LogP contribution in [0.4, 0.5) is 0 Å². The Morgan fingerprint density at radius 2 is 2.11 bits per heavy atom. The molecular weight excluding hydrogens is 236 g/mol. The zero-order valence-electron chi connectivity index (χ0n) is 11.4. The number of methoxy groups -OCH3 is 1. The van der Waals surface area contributed by atoms with Gasteiger partial charge in [-0.2, -0.15) is 0 Å². The largest absolute Gasteiger partial charge is 0.377 e. The van der Waals surface area contributed by atoms with Crippen LogP contribution in [0.25, 0.3) is 10.9 Å². The maximum absolute atomic E-state index is 5.62. The van der Waals surface area contributed by atoms with Crippen LogP contribution in [0.5, 0.6) is 0 Å². The van der Waals surface area contributed by atoms with Gasteiger partial charge in [0.2, 0.25) is 0 Å². The quantitative estimate of drug-likeness (QED) is 0.893. The molecule has 0 radical (unpaired) electrons. The summed E-state index contributed by atoms with van der Waals surface area (Å²) in [4.78, 5) is 4.48. The molecular formula is C16H20N2O. The van der Waals surface area contributed by atoms with Gasteiger partial charge in [0, 0.05) is 31.8 Å². The van der Waals surface area contributed by atoms with Crippen molar-refractivity contribution in [3.05, 3.63) is 42.1 Å². The van der Waals surface area contributed by atoms with Gasteiger partial charge < -0.3 is 10.1 Å². The number of para-hydroxylation sites is 1. The van der Waals surface area contributed by atoms with E-state index < -0.39 is 0 Å². The van der Waals surface area contributed by atoms with Gasteiger partial charge in [-0.15, -0.1) is 0 Å². The monoisotopic (exact) mass is 256 g/mol. The van der Waals surface area contributed by atoms with Crippen LogP contribution in [0.3, 0.4) is 0 Å². The van der Waals surface area contributed by atoms with Crippen LogP contribution in [0.2, 0.25) is 0 Å². The van der Waals surface area contributed by atoms with Gasteiger partial charge in [-0.25, -0.2) is 0 Å². The van der Waals surface area contributed by atoms with E-state index >= 15 is 0 Å². The highest BCUT2D eigenvalue weighted by Gasteiger charge is 2.36. The van der Waals surface area contributed by atoms with E-state index in [-0.39, 0.29) is 5.60 Å². The molecule has 0 saturated heterocycles. The molecule has 0 spiro atoms. The maximum atomic E-state index is 5.62. The first-order valence-electron chi connectivity index (χ1n) is 6.91. The lowest BCUT2D eigenvalue weighted by atomic mass is 9.80. The summed E-state index contributed by atoms with van der Waals surface area (Å²) in [5.41, 5.74) is 2.43. The summed E-state index contributed by atoms with van der Waals surface area (Å²) in [5, 5.41) is 4.72. The van der Waals surface area contributed by atoms with Crippen molar-refractivity contribution in [3.8, 4) is 0 Å². The fraction of sp³-hybridized carbons (Fsp3) is 0.438. The second-order valence-corrected chi connectivity index (χ2v) is 5.34. The van der Waals surface area contributed by atoms with E-state index in [0.717, 1.165) is 18.6 Å². The van der Waals surface area contributed by atoms with Gasteiger partial charge in [-0.3, -0.25) is 4.98 Å². The first kappa shape index (κ1) is 12.6. The molecule has 3 heteroatoms. The number of fused-ring (bicyclic) bond motifs is 1. The highest BCUT2D eigenvalue weighted by atomic mass is 16.5. The summed E-state index contributed by atoms with van der Waals surface area (Å²) < 4.78 is 5.62. The Kier molecular flexibility index (Phi) is 3.49. The van der Waals surface area contributed by atoms with Crippen molar-refractivity contribution in [1.29, 1.82) is 0 Å². The number of pyridine rings is 1. The van der Waals surface area contributed by atoms with Crippen LogP contribution in [-0.2, 0) is 11.3 Å². The Hall–Kier alpha value is -1.45. The van der Waals surface area contributed by atoms with Crippen LogP contribution in [0.15, 0.2) is 36.5 Å². The van der Waals surface area contributed by atoms with Crippen LogP contribution in [0.1, 0.15) is 24.8 Å². The average Bonchev–Trinajstić information content (AvgIpc) is 2.42. The van der Waals surface area contributed by atoms with Crippen molar-refractivity contribution in [2.24, 2.45) is 0 Å². The van der Waals surface area contributed by atoms with Crippen LogP contribution < -0.4 is 5.32 Å². The van der Waals surface area contributed by atoms with Gasteiger partial charge in [0.05, 0.1) is 11.1 Å². The third kappa shape index (κ3) is 2.48. The molecule has 3 nitrogen and oxygen atoms in total. The van der Waals surface area contributed by atoms with Gasteiger partial charge in [-0.1, -0.05) is 24.3 Å². The molecule has 2 aromatic rings. The van der Waals surface area contributed by atoms with Crippen LogP contribution in [0, 0.1) is 0 Å². The maximum Gasteiger partial charge on any atom is 0.0802 e. The molecule has 3 rings (SSSR count). The molecule has 1 aromatic heterocycles. The predicted molar refractivity (Wildman–Crippen MR) is 77.0 cm³/mol. The Labute approximate surface area is 114 Å². The van der Waals surface area contributed by atoms with E-state index in [1.54, 1.807) is 0 Å². The van der Waals surface area contributed by atoms with E-state index in [2.05, 4.69) is 34.6 Å². The first-order chi connectivity index (χ1) is 9.33. The number of ether oxygens (including phenoxy) is 1. The van der Waals surface area contributed by atoms with E-state index in [1.807, 2.05) is 19.4 Å². The summed E-state index contributed by atoms with van der Waals surface area (Å²) in [5.74, 6) is 0. The zero-order valence-corrected chi connectivity index (χ0v) is 11.4. The molecule has 1 aliphatic rings. The van der Waals surface area contributed by atoms with E-state index in [0.29, 0.717) is 0 Å². The van der Waals surface area contributed by atoms with E-state index in [1.165, 1.54) is 30.2 Å². The Balaban J connectivity index is 1.68. The number of rotatable bonds is 5. The molecule has 1 aromatic carbocycles. The number of aromatic nitrogens is 1. The zero-order chi connectivity index (χ0) is 13.1. The number of benzene rings is 1. The highest BCUT2D eigenvalue weighted by molar-refractivity contribution is 5.81. The molecule has 1 fully saturated rings. The normalized spacial score (nSPS) is 17.3. The lowest BCUT2D eigenvalue weighted by Crippen LogP contribution is -2.47. The van der Waals surface area contributed by atoms with Crippen molar-refractivity contribution in [2.45, 2.75) is 31.4 Å². The Bertz CT molecular complexity index is 553. The lowest BCUT2D eigenvalue weighted by Gasteiger charge is -2.40. The summed E-state index contributed by atoms with van der Waals surface area (Å²) in [6.45, 7) is 1.77.